The fourth-order valence-electron chi connectivity index (χ4n) is 6.04. The van der Waals surface area contributed by atoms with Gasteiger partial charge < -0.3 is 25.2 Å². The minimum atomic E-state index is -1.07. The van der Waals surface area contributed by atoms with Crippen LogP contribution in [0.3, 0.4) is 0 Å². The Hall–Kier alpha value is -3.88. The maximum absolute atomic E-state index is 13.9. The largest absolute Gasteiger partial charge is 0.491 e. The molecule has 9 heteroatoms. The molecule has 2 aliphatic heterocycles. The molecule has 0 saturated carbocycles. The van der Waals surface area contributed by atoms with Crippen LogP contribution >= 0.6 is 0 Å². The number of fused-ring (bicyclic) bond motifs is 1. The van der Waals surface area contributed by atoms with E-state index in [2.05, 4.69) is 29.7 Å². The second kappa shape index (κ2) is 16.3. The highest BCUT2D eigenvalue weighted by molar-refractivity contribution is 6.01. The number of ether oxygens (including phenoxy) is 1. The van der Waals surface area contributed by atoms with Gasteiger partial charge in [-0.1, -0.05) is 69.7 Å². The molecule has 1 fully saturated rings. The van der Waals surface area contributed by atoms with Crippen molar-refractivity contribution in [1.29, 1.82) is 0 Å². The van der Waals surface area contributed by atoms with Crippen molar-refractivity contribution in [2.24, 2.45) is 11.8 Å². The third kappa shape index (κ3) is 9.31. The predicted octanol–water partition coefficient (Wildman–Crippen LogP) is 4.21. The van der Waals surface area contributed by atoms with Crippen LogP contribution < -0.4 is 15.4 Å². The van der Waals surface area contributed by atoms with E-state index in [0.717, 1.165) is 32.1 Å². The number of rotatable bonds is 8. The van der Waals surface area contributed by atoms with Crippen molar-refractivity contribution in [3.63, 3.8) is 0 Å². The Balaban J connectivity index is 1.55. The molecule has 9 nitrogen and oxygen atoms in total. The molecule has 2 atom stereocenters. The van der Waals surface area contributed by atoms with Crippen LogP contribution in [0.4, 0.5) is 0 Å². The van der Waals surface area contributed by atoms with Crippen LogP contribution in [0.15, 0.2) is 54.6 Å². The summed E-state index contributed by atoms with van der Waals surface area (Å²) in [6.45, 7) is 8.28. The molecular weight excluding hydrogens is 556 g/mol. The minimum absolute atomic E-state index is 0.151. The number of piperidine rings is 1. The summed E-state index contributed by atoms with van der Waals surface area (Å²) in [6.07, 6.45) is 4.62. The van der Waals surface area contributed by atoms with Gasteiger partial charge in [0.05, 0.1) is 18.5 Å². The van der Waals surface area contributed by atoms with Gasteiger partial charge in [-0.05, 0) is 61.6 Å². The van der Waals surface area contributed by atoms with Crippen molar-refractivity contribution in [2.75, 3.05) is 32.8 Å². The molecule has 1 saturated heterocycles. The lowest BCUT2D eigenvalue weighted by Gasteiger charge is -2.35. The normalized spacial score (nSPS) is 20.8. The molecule has 0 spiro atoms. The Bertz CT molecular complexity index is 1260. The number of hydrogen-bond acceptors (Lipinski definition) is 5. The van der Waals surface area contributed by atoms with Gasteiger partial charge in [-0.25, -0.2) is 0 Å². The smallest absolute Gasteiger partial charge is 0.255 e. The maximum Gasteiger partial charge on any atom is 0.255 e. The summed E-state index contributed by atoms with van der Waals surface area (Å²) in [5.74, 6) is -0.338. The molecule has 44 heavy (non-hydrogen) atoms. The molecule has 238 valence electrons. The van der Waals surface area contributed by atoms with E-state index in [-0.39, 0.29) is 36.3 Å². The summed E-state index contributed by atoms with van der Waals surface area (Å²) in [6, 6.07) is 15.4. The highest BCUT2D eigenvalue weighted by Gasteiger charge is 2.34. The first-order valence-electron chi connectivity index (χ1n) is 16.2. The lowest BCUT2D eigenvalue weighted by molar-refractivity contribution is -0.139. The maximum atomic E-state index is 13.9. The number of amides is 4. The third-order valence-corrected chi connectivity index (χ3v) is 8.47. The van der Waals surface area contributed by atoms with E-state index in [0.29, 0.717) is 44.3 Å². The summed E-state index contributed by atoms with van der Waals surface area (Å²) in [4.78, 5) is 58.1. The average Bonchev–Trinajstić information content (AvgIpc) is 3.02. The SMILES string of the molecule is CCCCN1CCOc2ccccc2C(=O)N[C@H](C(=O)N2CCC(Cc3ccccc3)CC2)CC(=O)N[C@@H](CC(C)C)C1=O. The van der Waals surface area contributed by atoms with Crippen LogP contribution in [0.1, 0.15) is 75.2 Å². The van der Waals surface area contributed by atoms with Gasteiger partial charge >= 0.3 is 0 Å². The van der Waals surface area contributed by atoms with Crippen LogP contribution in [0, 0.1) is 11.8 Å². The summed E-state index contributed by atoms with van der Waals surface area (Å²) < 4.78 is 6.03. The standard InChI is InChI=1S/C35H48N4O5/c1-4-5-17-38-20-21-44-31-14-10-9-13-28(31)33(41)37-30(24-32(40)36-29(34(38)42)22-25(2)3)35(43)39-18-15-27(16-19-39)23-26-11-7-6-8-12-26/h6-14,25,27,29-30H,4-5,15-24H2,1-3H3,(H,36,40)(H,37,41)/t29-,30-/m0/s1. The Labute approximate surface area is 261 Å². The summed E-state index contributed by atoms with van der Waals surface area (Å²) >= 11 is 0. The van der Waals surface area contributed by atoms with Crippen LogP contribution in [-0.4, -0.2) is 78.3 Å². The first-order chi connectivity index (χ1) is 21.2. The van der Waals surface area contributed by atoms with Gasteiger partial charge in [0.25, 0.3) is 5.91 Å². The van der Waals surface area contributed by atoms with Gasteiger partial charge in [0.2, 0.25) is 17.7 Å². The molecular formula is C35H48N4O5. The molecule has 0 aromatic heterocycles. The second-order valence-electron chi connectivity index (χ2n) is 12.5. The number of carbonyl (C=O) groups is 4. The number of nitrogens with one attached hydrogen (secondary N) is 2. The lowest BCUT2D eigenvalue weighted by atomic mass is 9.90. The van der Waals surface area contributed by atoms with Gasteiger partial charge in [0, 0.05) is 19.6 Å². The fraction of sp³-hybridized carbons (Fsp3) is 0.543. The minimum Gasteiger partial charge on any atom is -0.491 e. The van der Waals surface area contributed by atoms with Crippen LogP contribution in [-0.2, 0) is 20.8 Å². The highest BCUT2D eigenvalue weighted by atomic mass is 16.5. The first kappa shape index (κ1) is 33.0. The molecule has 0 aliphatic carbocycles. The monoisotopic (exact) mass is 604 g/mol. The Kier molecular flexibility index (Phi) is 12.2. The van der Waals surface area contributed by atoms with Gasteiger partial charge in [0.1, 0.15) is 24.4 Å². The number of unbranched alkanes of at least 4 members (excludes halogenated alkanes) is 1. The van der Waals surface area contributed by atoms with E-state index < -0.39 is 23.9 Å². The van der Waals surface area contributed by atoms with E-state index in [1.54, 1.807) is 34.1 Å². The van der Waals surface area contributed by atoms with Crippen molar-refractivity contribution in [1.82, 2.24) is 20.4 Å². The zero-order valence-corrected chi connectivity index (χ0v) is 26.4. The number of carbonyl (C=O) groups excluding carboxylic acids is 4. The number of para-hydroxylation sites is 1. The van der Waals surface area contributed by atoms with E-state index in [1.165, 1.54) is 5.56 Å². The van der Waals surface area contributed by atoms with Crippen LogP contribution in [0.5, 0.6) is 5.75 Å². The lowest BCUT2D eigenvalue weighted by Crippen LogP contribution is -2.55. The van der Waals surface area contributed by atoms with E-state index in [9.17, 15) is 19.2 Å². The molecule has 2 aliphatic rings. The average molecular weight is 605 g/mol. The van der Waals surface area contributed by atoms with E-state index in [1.807, 2.05) is 32.0 Å². The molecule has 0 radical (unpaired) electrons. The quantitative estimate of drug-likeness (QED) is 0.470. The van der Waals surface area contributed by atoms with Gasteiger partial charge in [0.15, 0.2) is 0 Å². The van der Waals surface area contributed by atoms with Gasteiger partial charge in [-0.2, -0.15) is 0 Å². The van der Waals surface area contributed by atoms with Crippen molar-refractivity contribution in [2.45, 2.75) is 77.8 Å². The van der Waals surface area contributed by atoms with E-state index in [4.69, 9.17) is 4.74 Å². The molecule has 2 heterocycles. The van der Waals surface area contributed by atoms with Crippen molar-refractivity contribution in [3.05, 3.63) is 65.7 Å². The Morgan fingerprint density at radius 2 is 1.66 bits per heavy atom. The highest BCUT2D eigenvalue weighted by Crippen LogP contribution is 2.23. The number of nitrogens with zero attached hydrogens (tertiary/aromatic N) is 2. The van der Waals surface area contributed by atoms with Gasteiger partial charge in [-0.3, -0.25) is 19.2 Å². The molecule has 2 aromatic carbocycles. The molecule has 0 bridgehead atoms. The molecule has 2 aromatic rings. The summed E-state index contributed by atoms with van der Waals surface area (Å²) in [7, 11) is 0. The molecule has 4 amide bonds. The second-order valence-corrected chi connectivity index (χ2v) is 12.5. The molecule has 4 rings (SSSR count). The van der Waals surface area contributed by atoms with Crippen LogP contribution in [0.25, 0.3) is 0 Å². The van der Waals surface area contributed by atoms with Crippen molar-refractivity contribution < 1.29 is 23.9 Å². The predicted molar refractivity (Wildman–Crippen MR) is 170 cm³/mol. The third-order valence-electron chi connectivity index (χ3n) is 8.47. The number of likely N-dealkylation sites (tertiary alicyclic amines) is 1. The Morgan fingerprint density at radius 1 is 0.955 bits per heavy atom. The zero-order valence-electron chi connectivity index (χ0n) is 26.4. The van der Waals surface area contributed by atoms with Crippen molar-refractivity contribution >= 4 is 23.6 Å². The Morgan fingerprint density at radius 3 is 2.36 bits per heavy atom. The van der Waals surface area contributed by atoms with Gasteiger partial charge in [-0.15, -0.1) is 0 Å². The van der Waals surface area contributed by atoms with Crippen molar-refractivity contribution in [3.8, 4) is 5.75 Å². The summed E-state index contributed by atoms with van der Waals surface area (Å²) in [5.41, 5.74) is 1.57. The fourth-order valence-corrected chi connectivity index (χ4v) is 6.04. The van der Waals surface area contributed by atoms with E-state index >= 15 is 0 Å². The topological polar surface area (TPSA) is 108 Å². The molecule has 0 unspecified atom stereocenters. The summed E-state index contributed by atoms with van der Waals surface area (Å²) in [5, 5.41) is 5.76. The van der Waals surface area contributed by atoms with Crippen LogP contribution in [0.2, 0.25) is 0 Å². The molecule has 2 N–H and O–H groups in total. The first-order valence-corrected chi connectivity index (χ1v) is 16.2. The zero-order chi connectivity index (χ0) is 31.5. The number of hydrogen-bond donors (Lipinski definition) is 2. The number of benzene rings is 2.